The molecular weight excluding hydrogens is 416 g/mol. The van der Waals surface area contributed by atoms with Crippen molar-refractivity contribution < 1.29 is 17.9 Å². The van der Waals surface area contributed by atoms with Crippen molar-refractivity contribution in [2.24, 2.45) is 11.8 Å². The summed E-state index contributed by atoms with van der Waals surface area (Å²) >= 11 is 0. The fraction of sp³-hybridized carbons (Fsp3) is 0.500. The standard InChI is InChI=1S/C22H28N4O4S/c1-17-4-8-24-21(11-17)30-16-19-12-22(27)25(15-19)14-18-5-9-26(10-6-18)31(28,29)20-3-2-7-23-13-20/h2-4,7-8,11,13,18-19H,5-6,9-10,12,14-16H2,1H3. The van der Waals surface area contributed by atoms with Crippen molar-refractivity contribution >= 4 is 15.9 Å². The predicted molar refractivity (Wildman–Crippen MR) is 115 cm³/mol. The molecule has 2 fully saturated rings. The Bertz CT molecular complexity index is 1010. The molecule has 9 heteroatoms. The van der Waals surface area contributed by atoms with Crippen molar-refractivity contribution in [2.45, 2.75) is 31.1 Å². The molecule has 31 heavy (non-hydrogen) atoms. The lowest BCUT2D eigenvalue weighted by atomic mass is 9.97. The summed E-state index contributed by atoms with van der Waals surface area (Å²) in [5.74, 6) is 1.20. The van der Waals surface area contributed by atoms with E-state index in [4.69, 9.17) is 4.74 Å². The van der Waals surface area contributed by atoms with Crippen molar-refractivity contribution in [3.8, 4) is 5.88 Å². The van der Waals surface area contributed by atoms with E-state index < -0.39 is 10.0 Å². The SMILES string of the molecule is Cc1ccnc(OCC2CC(=O)N(CC3CCN(S(=O)(=O)c4cccnc4)CC3)C2)c1. The Hall–Kier alpha value is -2.52. The highest BCUT2D eigenvalue weighted by molar-refractivity contribution is 7.89. The molecule has 4 heterocycles. The van der Waals surface area contributed by atoms with Gasteiger partial charge in [0.1, 0.15) is 4.90 Å². The molecule has 2 aromatic heterocycles. The molecule has 1 atom stereocenters. The van der Waals surface area contributed by atoms with Crippen LogP contribution in [0.15, 0.2) is 47.8 Å². The number of carbonyl (C=O) groups excluding carboxylic acids is 1. The Labute approximate surface area is 183 Å². The third-order valence-electron chi connectivity index (χ3n) is 5.98. The highest BCUT2D eigenvalue weighted by Gasteiger charge is 2.34. The summed E-state index contributed by atoms with van der Waals surface area (Å²) in [7, 11) is -3.50. The first-order valence-electron chi connectivity index (χ1n) is 10.7. The summed E-state index contributed by atoms with van der Waals surface area (Å²) in [6.07, 6.45) is 6.65. The van der Waals surface area contributed by atoms with Crippen LogP contribution in [0.4, 0.5) is 0 Å². The van der Waals surface area contributed by atoms with Gasteiger partial charge >= 0.3 is 0 Å². The van der Waals surface area contributed by atoms with Gasteiger partial charge in [0, 0.05) is 63.2 Å². The number of rotatable bonds is 7. The van der Waals surface area contributed by atoms with Gasteiger partial charge in [0.15, 0.2) is 0 Å². The molecule has 166 valence electrons. The molecule has 0 aromatic carbocycles. The van der Waals surface area contributed by atoms with E-state index in [1.54, 1.807) is 24.5 Å². The lowest BCUT2D eigenvalue weighted by Gasteiger charge is -2.33. The number of piperidine rings is 1. The predicted octanol–water partition coefficient (Wildman–Crippen LogP) is 2.11. The number of hydrogen-bond acceptors (Lipinski definition) is 6. The molecular formula is C22H28N4O4S. The second-order valence-corrected chi connectivity index (χ2v) is 10.3. The largest absolute Gasteiger partial charge is 0.477 e. The van der Waals surface area contributed by atoms with Crippen LogP contribution in [-0.4, -0.2) is 66.3 Å². The fourth-order valence-electron chi connectivity index (χ4n) is 4.23. The van der Waals surface area contributed by atoms with Crippen LogP contribution in [0.2, 0.25) is 0 Å². The third-order valence-corrected chi connectivity index (χ3v) is 7.86. The molecule has 2 saturated heterocycles. The summed E-state index contributed by atoms with van der Waals surface area (Å²) < 4.78 is 32.8. The summed E-state index contributed by atoms with van der Waals surface area (Å²) in [6, 6.07) is 7.02. The maximum absolute atomic E-state index is 12.7. The van der Waals surface area contributed by atoms with Crippen LogP contribution in [0.5, 0.6) is 5.88 Å². The van der Waals surface area contributed by atoms with Gasteiger partial charge in [0.05, 0.1) is 6.61 Å². The zero-order valence-electron chi connectivity index (χ0n) is 17.7. The third kappa shape index (κ3) is 5.22. The minimum absolute atomic E-state index is 0.149. The average Bonchev–Trinajstić information content (AvgIpc) is 3.12. The number of nitrogens with zero attached hydrogens (tertiary/aromatic N) is 4. The normalized spacial score (nSPS) is 20.9. The first-order valence-corrected chi connectivity index (χ1v) is 12.1. The molecule has 0 N–H and O–H groups in total. The van der Waals surface area contributed by atoms with Gasteiger partial charge in [-0.3, -0.25) is 9.78 Å². The molecule has 0 radical (unpaired) electrons. The molecule has 0 aliphatic carbocycles. The van der Waals surface area contributed by atoms with E-state index in [-0.39, 0.29) is 16.7 Å². The highest BCUT2D eigenvalue weighted by Crippen LogP contribution is 2.27. The van der Waals surface area contributed by atoms with E-state index in [1.807, 2.05) is 24.0 Å². The Morgan fingerprint density at radius 2 is 1.97 bits per heavy atom. The molecule has 0 bridgehead atoms. The van der Waals surface area contributed by atoms with Gasteiger partial charge in [0.25, 0.3) is 0 Å². The van der Waals surface area contributed by atoms with E-state index in [1.165, 1.54) is 10.5 Å². The molecule has 1 amide bonds. The van der Waals surface area contributed by atoms with Crippen LogP contribution in [0.1, 0.15) is 24.8 Å². The number of aromatic nitrogens is 2. The van der Waals surface area contributed by atoms with Crippen LogP contribution in [0, 0.1) is 18.8 Å². The smallest absolute Gasteiger partial charge is 0.244 e. The summed E-state index contributed by atoms with van der Waals surface area (Å²) in [5, 5.41) is 0. The number of pyridine rings is 2. The van der Waals surface area contributed by atoms with Crippen LogP contribution in [-0.2, 0) is 14.8 Å². The fourth-order valence-corrected chi connectivity index (χ4v) is 5.66. The van der Waals surface area contributed by atoms with Crippen molar-refractivity contribution in [1.29, 1.82) is 0 Å². The van der Waals surface area contributed by atoms with E-state index in [0.29, 0.717) is 51.0 Å². The van der Waals surface area contributed by atoms with Gasteiger partial charge in [-0.25, -0.2) is 13.4 Å². The Morgan fingerprint density at radius 3 is 2.68 bits per heavy atom. The molecule has 0 saturated carbocycles. The number of ether oxygens (including phenoxy) is 1. The van der Waals surface area contributed by atoms with Gasteiger partial charge in [-0.1, -0.05) is 0 Å². The number of aryl methyl sites for hydroxylation is 1. The molecule has 0 spiro atoms. The summed E-state index contributed by atoms with van der Waals surface area (Å²) in [5.41, 5.74) is 1.09. The zero-order chi connectivity index (χ0) is 21.8. The topological polar surface area (TPSA) is 92.7 Å². The number of amides is 1. The molecule has 2 aliphatic rings. The van der Waals surface area contributed by atoms with Crippen LogP contribution < -0.4 is 4.74 Å². The minimum atomic E-state index is -3.50. The van der Waals surface area contributed by atoms with Gasteiger partial charge in [-0.15, -0.1) is 0 Å². The van der Waals surface area contributed by atoms with Crippen LogP contribution >= 0.6 is 0 Å². The summed E-state index contributed by atoms with van der Waals surface area (Å²) in [6.45, 7) is 4.76. The molecule has 2 aromatic rings. The van der Waals surface area contributed by atoms with Gasteiger partial charge in [-0.05, 0) is 49.4 Å². The maximum atomic E-state index is 12.7. The van der Waals surface area contributed by atoms with Crippen molar-refractivity contribution in [3.05, 3.63) is 48.4 Å². The average molecular weight is 445 g/mol. The van der Waals surface area contributed by atoms with E-state index in [2.05, 4.69) is 9.97 Å². The Morgan fingerprint density at radius 1 is 1.16 bits per heavy atom. The van der Waals surface area contributed by atoms with Crippen LogP contribution in [0.25, 0.3) is 0 Å². The molecule has 2 aliphatic heterocycles. The zero-order valence-corrected chi connectivity index (χ0v) is 18.5. The summed E-state index contributed by atoms with van der Waals surface area (Å²) in [4.78, 5) is 22.7. The highest BCUT2D eigenvalue weighted by atomic mass is 32.2. The Balaban J connectivity index is 1.25. The number of sulfonamides is 1. The molecule has 1 unspecified atom stereocenters. The number of likely N-dealkylation sites (tertiary alicyclic amines) is 1. The van der Waals surface area contributed by atoms with Crippen LogP contribution in [0.3, 0.4) is 0 Å². The maximum Gasteiger partial charge on any atom is 0.244 e. The van der Waals surface area contributed by atoms with Gasteiger partial charge < -0.3 is 9.64 Å². The minimum Gasteiger partial charge on any atom is -0.477 e. The van der Waals surface area contributed by atoms with Gasteiger partial charge in [-0.2, -0.15) is 4.31 Å². The quantitative estimate of drug-likeness (QED) is 0.649. The first kappa shape index (κ1) is 21.7. The molecule has 8 nitrogen and oxygen atoms in total. The van der Waals surface area contributed by atoms with E-state index >= 15 is 0 Å². The van der Waals surface area contributed by atoms with Crippen molar-refractivity contribution in [1.82, 2.24) is 19.2 Å². The lowest BCUT2D eigenvalue weighted by molar-refractivity contribution is -0.128. The van der Waals surface area contributed by atoms with Gasteiger partial charge in [0.2, 0.25) is 21.8 Å². The van der Waals surface area contributed by atoms with E-state index in [9.17, 15) is 13.2 Å². The van der Waals surface area contributed by atoms with E-state index in [0.717, 1.165) is 18.4 Å². The Kier molecular flexibility index (Phi) is 6.52. The van der Waals surface area contributed by atoms with Crippen molar-refractivity contribution in [3.63, 3.8) is 0 Å². The second kappa shape index (κ2) is 9.32. The molecule has 4 rings (SSSR count). The second-order valence-electron chi connectivity index (χ2n) is 8.39. The lowest BCUT2D eigenvalue weighted by Crippen LogP contribution is -2.42. The number of hydrogen-bond donors (Lipinski definition) is 0. The monoisotopic (exact) mass is 444 g/mol. The number of carbonyl (C=O) groups is 1. The van der Waals surface area contributed by atoms with Crippen molar-refractivity contribution in [2.75, 3.05) is 32.8 Å². The first-order chi connectivity index (χ1) is 14.9.